The lowest BCUT2D eigenvalue weighted by molar-refractivity contribution is 1.13. The summed E-state index contributed by atoms with van der Waals surface area (Å²) in [5.74, 6) is 0.168. The standard InChI is InChI=1S/C39H26N2/c1-4-14-27(15-5-1)30-24-25-33-34(26-30)37(28-16-6-2-7-17-28)31-20-10-11-21-32(31)38(33)41-36-23-13-12-22-35(36)40-39(41)29-18-8-3-9-19-29/h1-26H/i1D,3D,4D,5D,8D,9D,14D,15D,18D,19D. The van der Waals surface area contributed by atoms with Crippen LogP contribution < -0.4 is 0 Å². The van der Waals surface area contributed by atoms with Gasteiger partial charge in [-0.2, -0.15) is 0 Å². The fraction of sp³-hybridized carbons (Fsp3) is 0. The molecule has 7 aromatic carbocycles. The smallest absolute Gasteiger partial charge is 0.145 e. The average molecular weight is 533 g/mol. The van der Waals surface area contributed by atoms with Crippen molar-refractivity contribution in [3.05, 3.63) is 157 Å². The monoisotopic (exact) mass is 532 g/mol. The van der Waals surface area contributed by atoms with Crippen LogP contribution in [0.4, 0.5) is 0 Å². The first kappa shape index (κ1) is 15.4. The van der Waals surface area contributed by atoms with Gasteiger partial charge in [0.15, 0.2) is 0 Å². The number of nitrogens with zero attached hydrogens (tertiary/aromatic N) is 2. The summed E-state index contributed by atoms with van der Waals surface area (Å²) in [6, 6.07) is 26.2. The van der Waals surface area contributed by atoms with Crippen LogP contribution in [0.15, 0.2) is 157 Å². The van der Waals surface area contributed by atoms with Crippen molar-refractivity contribution in [3.8, 4) is 39.3 Å². The largest absolute Gasteiger partial charge is 0.291 e. The van der Waals surface area contributed by atoms with Crippen molar-refractivity contribution in [1.29, 1.82) is 0 Å². The molecular weight excluding hydrogens is 496 g/mol. The van der Waals surface area contributed by atoms with E-state index in [-0.39, 0.29) is 41.1 Å². The van der Waals surface area contributed by atoms with Crippen molar-refractivity contribution in [3.63, 3.8) is 0 Å². The molecule has 1 heterocycles. The quantitative estimate of drug-likeness (QED) is 0.206. The molecule has 0 amide bonds. The Balaban J connectivity index is 1.59. The van der Waals surface area contributed by atoms with E-state index >= 15 is 0 Å². The Bertz CT molecular complexity index is 2700. The minimum absolute atomic E-state index is 0.0442. The molecule has 192 valence electrons. The average Bonchev–Trinajstić information content (AvgIpc) is 3.52. The Morgan fingerprint density at radius 2 is 1.12 bits per heavy atom. The van der Waals surface area contributed by atoms with Crippen LogP contribution in [-0.2, 0) is 0 Å². The summed E-state index contributed by atoms with van der Waals surface area (Å²) in [6.45, 7) is 0. The van der Waals surface area contributed by atoms with Gasteiger partial charge in [0.05, 0.1) is 30.4 Å². The number of imidazole rings is 1. The van der Waals surface area contributed by atoms with E-state index in [4.69, 9.17) is 18.7 Å². The predicted octanol–water partition coefficient (Wildman–Crippen LogP) is 10.3. The third-order valence-corrected chi connectivity index (χ3v) is 7.35. The van der Waals surface area contributed by atoms with Crippen molar-refractivity contribution < 1.29 is 13.7 Å². The molecule has 0 bridgehead atoms. The number of hydrogen-bond donors (Lipinski definition) is 0. The number of rotatable bonds is 4. The molecule has 0 fully saturated rings. The minimum Gasteiger partial charge on any atom is -0.291 e. The topological polar surface area (TPSA) is 17.8 Å². The third-order valence-electron chi connectivity index (χ3n) is 7.35. The number of fused-ring (bicyclic) bond motifs is 3. The predicted molar refractivity (Wildman–Crippen MR) is 172 cm³/mol. The minimum atomic E-state index is -0.500. The molecule has 0 saturated heterocycles. The molecule has 8 rings (SSSR count). The summed E-state index contributed by atoms with van der Waals surface area (Å²) in [7, 11) is 0. The number of para-hydroxylation sites is 2. The van der Waals surface area contributed by atoms with E-state index in [9.17, 15) is 0 Å². The maximum atomic E-state index is 8.89. The molecular formula is C39H26N2. The lowest BCUT2D eigenvalue weighted by atomic mass is 9.88. The second kappa shape index (κ2) is 9.62. The van der Waals surface area contributed by atoms with E-state index in [1.54, 1.807) is 6.07 Å². The molecule has 0 aliphatic carbocycles. The van der Waals surface area contributed by atoms with E-state index in [0.29, 0.717) is 33.1 Å². The van der Waals surface area contributed by atoms with Gasteiger partial charge < -0.3 is 0 Å². The molecule has 0 saturated carbocycles. The summed E-state index contributed by atoms with van der Waals surface area (Å²) >= 11 is 0. The van der Waals surface area contributed by atoms with Crippen molar-refractivity contribution in [1.82, 2.24) is 9.55 Å². The van der Waals surface area contributed by atoms with E-state index in [2.05, 4.69) is 0 Å². The Morgan fingerprint density at radius 3 is 1.90 bits per heavy atom. The van der Waals surface area contributed by atoms with Gasteiger partial charge in [-0.05, 0) is 51.2 Å². The molecule has 0 atom stereocenters. The van der Waals surface area contributed by atoms with Gasteiger partial charge in [0.25, 0.3) is 0 Å². The molecule has 2 nitrogen and oxygen atoms in total. The molecule has 0 unspecified atom stereocenters. The third kappa shape index (κ3) is 3.84. The van der Waals surface area contributed by atoms with Crippen molar-refractivity contribution in [2.45, 2.75) is 0 Å². The molecule has 0 spiro atoms. The van der Waals surface area contributed by atoms with Gasteiger partial charge >= 0.3 is 0 Å². The highest BCUT2D eigenvalue weighted by Gasteiger charge is 2.22. The molecule has 0 aliphatic rings. The van der Waals surface area contributed by atoms with Crippen LogP contribution >= 0.6 is 0 Å². The highest BCUT2D eigenvalue weighted by atomic mass is 15.1. The Morgan fingerprint density at radius 1 is 0.488 bits per heavy atom. The number of hydrogen-bond acceptors (Lipinski definition) is 1. The van der Waals surface area contributed by atoms with Gasteiger partial charge in [-0.1, -0.05) is 139 Å². The zero-order valence-electron chi connectivity index (χ0n) is 31.6. The summed E-state index contributed by atoms with van der Waals surface area (Å²) < 4.78 is 87.0. The normalized spacial score (nSPS) is 14.8. The molecule has 0 N–H and O–H groups in total. The molecule has 1 aromatic heterocycles. The van der Waals surface area contributed by atoms with Crippen molar-refractivity contribution >= 4 is 32.6 Å². The zero-order valence-corrected chi connectivity index (χ0v) is 21.6. The van der Waals surface area contributed by atoms with Crippen LogP contribution in [0.1, 0.15) is 13.7 Å². The highest BCUT2D eigenvalue weighted by Crippen LogP contribution is 2.44. The number of aromatic nitrogens is 2. The second-order valence-electron chi connectivity index (χ2n) is 9.66. The SMILES string of the molecule is [2H]c1c([2H])c([2H])c(-c2ccc3c(-n4c(-c5c([2H])c([2H])c([2H])c([2H])c5[2H])nc5ccccc54)c4ccccc4c(-c4ccccc4)c3c2)c([2H])c1[2H]. The van der Waals surface area contributed by atoms with Crippen molar-refractivity contribution in [2.75, 3.05) is 0 Å². The zero-order chi connectivity index (χ0) is 35.9. The summed E-state index contributed by atoms with van der Waals surface area (Å²) in [4.78, 5) is 4.89. The maximum Gasteiger partial charge on any atom is 0.145 e. The fourth-order valence-corrected chi connectivity index (χ4v) is 5.64. The first-order chi connectivity index (χ1) is 24.5. The lowest BCUT2D eigenvalue weighted by Gasteiger charge is -2.20. The van der Waals surface area contributed by atoms with Crippen molar-refractivity contribution in [2.24, 2.45) is 0 Å². The van der Waals surface area contributed by atoms with E-state index < -0.39 is 36.3 Å². The van der Waals surface area contributed by atoms with Gasteiger partial charge in [-0.15, -0.1) is 0 Å². The van der Waals surface area contributed by atoms with Gasteiger partial charge in [0, 0.05) is 16.3 Å². The van der Waals surface area contributed by atoms with Crippen LogP contribution in [0.5, 0.6) is 0 Å². The summed E-state index contributed by atoms with van der Waals surface area (Å²) in [5.41, 5.74) is 4.05. The van der Waals surface area contributed by atoms with E-state index in [1.165, 1.54) is 0 Å². The highest BCUT2D eigenvalue weighted by molar-refractivity contribution is 6.19. The second-order valence-corrected chi connectivity index (χ2v) is 9.66. The van der Waals surface area contributed by atoms with E-state index in [0.717, 1.165) is 21.9 Å². The van der Waals surface area contributed by atoms with E-state index in [1.807, 2.05) is 95.6 Å². The van der Waals surface area contributed by atoms with Crippen LogP contribution in [0.2, 0.25) is 0 Å². The van der Waals surface area contributed by atoms with Gasteiger partial charge in [-0.25, -0.2) is 4.98 Å². The molecule has 8 aromatic rings. The molecule has 0 radical (unpaired) electrons. The Labute approximate surface area is 252 Å². The van der Waals surface area contributed by atoms with Gasteiger partial charge in [-0.3, -0.25) is 4.57 Å². The lowest BCUT2D eigenvalue weighted by Crippen LogP contribution is -2.01. The summed E-state index contributed by atoms with van der Waals surface area (Å²) in [5, 5.41) is 3.06. The first-order valence-corrected chi connectivity index (χ1v) is 13.2. The fourth-order valence-electron chi connectivity index (χ4n) is 5.64. The van der Waals surface area contributed by atoms with Crippen LogP contribution in [0.25, 0.3) is 71.9 Å². The van der Waals surface area contributed by atoms with Crippen LogP contribution in [-0.4, -0.2) is 9.55 Å². The van der Waals surface area contributed by atoms with Gasteiger partial charge in [0.2, 0.25) is 0 Å². The molecule has 41 heavy (non-hydrogen) atoms. The van der Waals surface area contributed by atoms with Crippen LogP contribution in [0, 0.1) is 0 Å². The first-order valence-electron chi connectivity index (χ1n) is 18.2. The molecule has 2 heteroatoms. The summed E-state index contributed by atoms with van der Waals surface area (Å²) in [6.07, 6.45) is 0. The number of benzene rings is 7. The molecule has 0 aliphatic heterocycles. The maximum absolute atomic E-state index is 8.89. The Hall–Kier alpha value is -5.47. The van der Waals surface area contributed by atoms with Crippen LogP contribution in [0.3, 0.4) is 0 Å². The van der Waals surface area contributed by atoms with Gasteiger partial charge in [0.1, 0.15) is 5.82 Å². The Kier molecular flexibility index (Phi) is 3.60.